The van der Waals surface area contributed by atoms with Crippen molar-refractivity contribution in [3.05, 3.63) is 29.8 Å². The fraction of sp³-hybridized carbons (Fsp3) is 0.667. The Morgan fingerprint density at radius 2 is 1.95 bits per heavy atom. The van der Waals surface area contributed by atoms with Gasteiger partial charge in [-0.3, -0.25) is 0 Å². The second kappa shape index (κ2) is 9.06. The Bertz CT molecular complexity index is 400. The van der Waals surface area contributed by atoms with Crippen LogP contribution in [0.1, 0.15) is 38.2 Å². The average Bonchev–Trinajstić information content (AvgIpc) is 2.75. The number of likely N-dealkylation sites (tertiary alicyclic amines) is 1. The van der Waals surface area contributed by atoms with E-state index < -0.39 is 0 Å². The Balaban J connectivity index is 1.74. The third-order valence-electron chi connectivity index (χ3n) is 4.13. The van der Waals surface area contributed by atoms with E-state index in [-0.39, 0.29) is 0 Å². The molecular weight excluding hydrogens is 260 g/mol. The molecule has 3 heteroatoms. The number of ether oxygens (including phenoxy) is 1. The lowest BCUT2D eigenvalue weighted by Crippen LogP contribution is -2.31. The Labute approximate surface area is 129 Å². The molecule has 0 amide bonds. The molecule has 1 aromatic rings. The van der Waals surface area contributed by atoms with Crippen LogP contribution in [0.25, 0.3) is 0 Å². The predicted octanol–water partition coefficient (Wildman–Crippen LogP) is 3.08. The van der Waals surface area contributed by atoms with Gasteiger partial charge in [0.25, 0.3) is 0 Å². The maximum Gasteiger partial charge on any atom is 0.119 e. The van der Waals surface area contributed by atoms with Crippen LogP contribution in [-0.2, 0) is 6.42 Å². The SMILES string of the molecule is CC(COc1cccc(CCN)c1)CN1CCCCCC1. The van der Waals surface area contributed by atoms with Crippen LogP contribution in [0, 0.1) is 5.92 Å². The third-order valence-corrected chi connectivity index (χ3v) is 4.13. The number of nitrogens with zero attached hydrogens (tertiary/aromatic N) is 1. The van der Waals surface area contributed by atoms with Crippen LogP contribution >= 0.6 is 0 Å². The molecule has 1 saturated heterocycles. The van der Waals surface area contributed by atoms with Crippen molar-refractivity contribution in [1.82, 2.24) is 4.90 Å². The molecule has 1 aliphatic rings. The fourth-order valence-corrected chi connectivity index (χ4v) is 3.01. The minimum atomic E-state index is 0.571. The summed E-state index contributed by atoms with van der Waals surface area (Å²) in [6.07, 6.45) is 6.43. The average molecular weight is 290 g/mol. The summed E-state index contributed by atoms with van der Waals surface area (Å²) in [6.45, 7) is 7.45. The van der Waals surface area contributed by atoms with E-state index >= 15 is 0 Å². The third kappa shape index (κ3) is 6.06. The molecule has 0 saturated carbocycles. The molecule has 0 spiro atoms. The molecular formula is C18H30N2O. The molecule has 118 valence electrons. The topological polar surface area (TPSA) is 38.5 Å². The van der Waals surface area contributed by atoms with Gasteiger partial charge in [0, 0.05) is 12.5 Å². The van der Waals surface area contributed by atoms with Crippen LogP contribution in [0.5, 0.6) is 5.75 Å². The predicted molar refractivity (Wildman–Crippen MR) is 88.8 cm³/mol. The highest BCUT2D eigenvalue weighted by Crippen LogP contribution is 2.16. The zero-order valence-corrected chi connectivity index (χ0v) is 13.4. The van der Waals surface area contributed by atoms with Gasteiger partial charge in [-0.2, -0.15) is 0 Å². The molecule has 0 aliphatic carbocycles. The van der Waals surface area contributed by atoms with Crippen molar-refractivity contribution >= 4 is 0 Å². The monoisotopic (exact) mass is 290 g/mol. The fourth-order valence-electron chi connectivity index (χ4n) is 3.01. The van der Waals surface area contributed by atoms with Gasteiger partial charge in [-0.05, 0) is 56.6 Å². The Morgan fingerprint density at radius 1 is 1.19 bits per heavy atom. The van der Waals surface area contributed by atoms with Gasteiger partial charge in [-0.1, -0.05) is 31.9 Å². The van der Waals surface area contributed by atoms with E-state index in [1.54, 1.807) is 0 Å². The van der Waals surface area contributed by atoms with Gasteiger partial charge in [0.15, 0.2) is 0 Å². The molecule has 1 heterocycles. The highest BCUT2D eigenvalue weighted by molar-refractivity contribution is 5.28. The summed E-state index contributed by atoms with van der Waals surface area (Å²) >= 11 is 0. The summed E-state index contributed by atoms with van der Waals surface area (Å²) in [4.78, 5) is 2.60. The molecule has 3 nitrogen and oxygen atoms in total. The van der Waals surface area contributed by atoms with Gasteiger partial charge in [0.1, 0.15) is 5.75 Å². The lowest BCUT2D eigenvalue weighted by atomic mass is 10.1. The van der Waals surface area contributed by atoms with Crippen LogP contribution in [0.3, 0.4) is 0 Å². The Kier molecular flexibility index (Phi) is 7.04. The van der Waals surface area contributed by atoms with Gasteiger partial charge < -0.3 is 15.4 Å². The van der Waals surface area contributed by atoms with Crippen molar-refractivity contribution in [1.29, 1.82) is 0 Å². The minimum Gasteiger partial charge on any atom is -0.493 e. The maximum absolute atomic E-state index is 5.96. The van der Waals surface area contributed by atoms with Crippen LogP contribution < -0.4 is 10.5 Å². The number of hydrogen-bond donors (Lipinski definition) is 1. The van der Waals surface area contributed by atoms with E-state index in [2.05, 4.69) is 30.0 Å². The number of benzene rings is 1. The highest BCUT2D eigenvalue weighted by Gasteiger charge is 2.13. The molecule has 1 aliphatic heterocycles. The molecule has 1 unspecified atom stereocenters. The molecule has 21 heavy (non-hydrogen) atoms. The minimum absolute atomic E-state index is 0.571. The molecule has 1 atom stereocenters. The molecule has 0 radical (unpaired) electrons. The van der Waals surface area contributed by atoms with Gasteiger partial charge in [-0.15, -0.1) is 0 Å². The smallest absolute Gasteiger partial charge is 0.119 e. The lowest BCUT2D eigenvalue weighted by Gasteiger charge is -2.24. The van der Waals surface area contributed by atoms with Crippen LogP contribution in [0.4, 0.5) is 0 Å². The normalized spacial score (nSPS) is 18.2. The highest BCUT2D eigenvalue weighted by atomic mass is 16.5. The number of hydrogen-bond acceptors (Lipinski definition) is 3. The molecule has 1 aromatic carbocycles. The second-order valence-electron chi connectivity index (χ2n) is 6.32. The van der Waals surface area contributed by atoms with E-state index in [9.17, 15) is 0 Å². The molecule has 2 rings (SSSR count). The first-order chi connectivity index (χ1) is 10.3. The van der Waals surface area contributed by atoms with E-state index in [1.165, 1.54) is 44.3 Å². The van der Waals surface area contributed by atoms with Crippen molar-refractivity contribution in [2.24, 2.45) is 11.7 Å². The van der Waals surface area contributed by atoms with E-state index in [0.29, 0.717) is 12.5 Å². The summed E-state index contributed by atoms with van der Waals surface area (Å²) in [5, 5.41) is 0. The Morgan fingerprint density at radius 3 is 2.67 bits per heavy atom. The quantitative estimate of drug-likeness (QED) is 0.838. The zero-order chi connectivity index (χ0) is 14.9. The molecule has 1 fully saturated rings. The first-order valence-electron chi connectivity index (χ1n) is 8.42. The lowest BCUT2D eigenvalue weighted by molar-refractivity contribution is 0.188. The zero-order valence-electron chi connectivity index (χ0n) is 13.4. The van der Waals surface area contributed by atoms with Crippen molar-refractivity contribution in [3.63, 3.8) is 0 Å². The van der Waals surface area contributed by atoms with Gasteiger partial charge in [-0.25, -0.2) is 0 Å². The van der Waals surface area contributed by atoms with Gasteiger partial charge in [0.05, 0.1) is 6.61 Å². The van der Waals surface area contributed by atoms with Crippen molar-refractivity contribution in [2.75, 3.05) is 32.8 Å². The first-order valence-corrected chi connectivity index (χ1v) is 8.42. The van der Waals surface area contributed by atoms with Crippen LogP contribution in [-0.4, -0.2) is 37.7 Å². The van der Waals surface area contributed by atoms with Crippen LogP contribution in [0.15, 0.2) is 24.3 Å². The largest absolute Gasteiger partial charge is 0.493 e. The Hall–Kier alpha value is -1.06. The van der Waals surface area contributed by atoms with Crippen LogP contribution in [0.2, 0.25) is 0 Å². The van der Waals surface area contributed by atoms with E-state index in [0.717, 1.165) is 25.3 Å². The standard InChI is InChI=1S/C18H30N2O/c1-16(14-20-11-4-2-3-5-12-20)15-21-18-8-6-7-17(13-18)9-10-19/h6-8,13,16H,2-5,9-12,14-15,19H2,1H3. The molecule has 0 aromatic heterocycles. The van der Waals surface area contributed by atoms with Crippen molar-refractivity contribution in [2.45, 2.75) is 39.0 Å². The maximum atomic E-state index is 5.96. The number of rotatable bonds is 7. The summed E-state index contributed by atoms with van der Waals surface area (Å²) in [5.41, 5.74) is 6.86. The summed E-state index contributed by atoms with van der Waals surface area (Å²) in [5.74, 6) is 1.55. The molecule has 2 N–H and O–H groups in total. The van der Waals surface area contributed by atoms with E-state index in [1.807, 2.05) is 6.07 Å². The number of nitrogens with two attached hydrogens (primary N) is 1. The van der Waals surface area contributed by atoms with E-state index in [4.69, 9.17) is 10.5 Å². The molecule has 0 bridgehead atoms. The summed E-state index contributed by atoms with van der Waals surface area (Å²) in [6, 6.07) is 8.32. The summed E-state index contributed by atoms with van der Waals surface area (Å²) < 4.78 is 5.96. The summed E-state index contributed by atoms with van der Waals surface area (Å²) in [7, 11) is 0. The second-order valence-corrected chi connectivity index (χ2v) is 6.32. The van der Waals surface area contributed by atoms with Crippen molar-refractivity contribution < 1.29 is 4.74 Å². The van der Waals surface area contributed by atoms with Gasteiger partial charge >= 0.3 is 0 Å². The van der Waals surface area contributed by atoms with Gasteiger partial charge in [0.2, 0.25) is 0 Å². The van der Waals surface area contributed by atoms with Crippen molar-refractivity contribution in [3.8, 4) is 5.75 Å². The first kappa shape index (κ1) is 16.3.